The third-order valence-corrected chi connectivity index (χ3v) is 3.60. The fourth-order valence-electron chi connectivity index (χ4n) is 2.47. The van der Waals surface area contributed by atoms with E-state index in [2.05, 4.69) is 50.9 Å². The largest absolute Gasteiger partial charge is 0.491 e. The first-order chi connectivity index (χ1) is 12.6. The summed E-state index contributed by atoms with van der Waals surface area (Å²) in [6, 6.07) is 16.0. The van der Waals surface area contributed by atoms with Gasteiger partial charge in [0.15, 0.2) is 5.82 Å². The number of hydrogen-bond acceptors (Lipinski definition) is 6. The fraction of sp³-hybridized carbons (Fsp3) is 0.250. The van der Waals surface area contributed by atoms with Crippen LogP contribution in [0.2, 0.25) is 0 Å². The molecule has 1 aromatic heterocycles. The summed E-state index contributed by atoms with van der Waals surface area (Å²) in [7, 11) is 0. The number of ether oxygens (including phenoxy) is 1. The van der Waals surface area contributed by atoms with E-state index in [1.54, 1.807) is 6.20 Å². The van der Waals surface area contributed by atoms with Crippen LogP contribution in [0.3, 0.4) is 0 Å². The van der Waals surface area contributed by atoms with Crippen LogP contribution in [-0.4, -0.2) is 21.3 Å². The van der Waals surface area contributed by atoms with E-state index in [0.717, 1.165) is 11.4 Å². The standard InChI is InChI=1S/C20H23N5O/c1-14(2)26-18-9-7-17(8-10-18)23-20-24-19(13-22-25-20)21-12-16-6-4-5-15(3)11-16/h4-11,13-14H,12H2,1-3H3,(H2,21,23,24,25). The smallest absolute Gasteiger partial charge is 0.249 e. The quantitative estimate of drug-likeness (QED) is 0.662. The molecule has 0 saturated heterocycles. The summed E-state index contributed by atoms with van der Waals surface area (Å²) < 4.78 is 5.64. The Hall–Kier alpha value is -3.15. The molecule has 6 heteroatoms. The average molecular weight is 349 g/mol. The molecule has 0 bridgehead atoms. The summed E-state index contributed by atoms with van der Waals surface area (Å²) in [6.07, 6.45) is 1.76. The Morgan fingerprint density at radius 3 is 2.62 bits per heavy atom. The Morgan fingerprint density at radius 1 is 1.08 bits per heavy atom. The number of nitrogens with zero attached hydrogens (tertiary/aromatic N) is 3. The second-order valence-electron chi connectivity index (χ2n) is 6.32. The zero-order chi connectivity index (χ0) is 18.4. The zero-order valence-corrected chi connectivity index (χ0v) is 15.2. The summed E-state index contributed by atoms with van der Waals surface area (Å²) in [5, 5.41) is 14.5. The molecule has 0 saturated carbocycles. The highest BCUT2D eigenvalue weighted by molar-refractivity contribution is 5.55. The molecule has 2 aromatic carbocycles. The number of benzene rings is 2. The van der Waals surface area contributed by atoms with Crippen molar-refractivity contribution in [3.05, 3.63) is 65.9 Å². The van der Waals surface area contributed by atoms with Crippen LogP contribution >= 0.6 is 0 Å². The molecule has 3 aromatic rings. The third kappa shape index (κ3) is 5.17. The van der Waals surface area contributed by atoms with Crippen molar-refractivity contribution in [1.82, 2.24) is 15.2 Å². The maximum absolute atomic E-state index is 5.64. The molecule has 0 aliphatic rings. The first-order valence-electron chi connectivity index (χ1n) is 8.61. The molecule has 0 aliphatic heterocycles. The van der Waals surface area contributed by atoms with Gasteiger partial charge in [-0.25, -0.2) is 0 Å². The lowest BCUT2D eigenvalue weighted by molar-refractivity contribution is 0.242. The topological polar surface area (TPSA) is 72.0 Å². The normalized spacial score (nSPS) is 10.6. The summed E-state index contributed by atoms with van der Waals surface area (Å²) in [5.74, 6) is 1.94. The maximum Gasteiger partial charge on any atom is 0.249 e. The van der Waals surface area contributed by atoms with Crippen molar-refractivity contribution in [3.8, 4) is 5.75 Å². The van der Waals surface area contributed by atoms with Crippen molar-refractivity contribution in [2.24, 2.45) is 0 Å². The van der Waals surface area contributed by atoms with Gasteiger partial charge in [0.25, 0.3) is 0 Å². The van der Waals surface area contributed by atoms with E-state index in [9.17, 15) is 0 Å². The lowest BCUT2D eigenvalue weighted by atomic mass is 10.1. The van der Waals surface area contributed by atoms with Crippen molar-refractivity contribution in [2.75, 3.05) is 10.6 Å². The molecule has 0 fully saturated rings. The monoisotopic (exact) mass is 349 g/mol. The summed E-state index contributed by atoms with van der Waals surface area (Å²) in [5.41, 5.74) is 3.30. The highest BCUT2D eigenvalue weighted by Gasteiger charge is 2.03. The number of aromatic nitrogens is 3. The Kier molecular flexibility index (Phi) is 5.63. The molecule has 134 valence electrons. The molecule has 2 N–H and O–H groups in total. The predicted molar refractivity (Wildman–Crippen MR) is 104 cm³/mol. The lowest BCUT2D eigenvalue weighted by Crippen LogP contribution is -2.06. The van der Waals surface area contributed by atoms with Crippen LogP contribution in [0.5, 0.6) is 5.75 Å². The van der Waals surface area contributed by atoms with Gasteiger partial charge in [-0.2, -0.15) is 10.1 Å². The SMILES string of the molecule is Cc1cccc(CNc2cnnc(Nc3ccc(OC(C)C)cc3)n2)c1. The van der Waals surface area contributed by atoms with Gasteiger partial charge in [-0.3, -0.25) is 0 Å². The minimum atomic E-state index is 0.150. The van der Waals surface area contributed by atoms with Crippen LogP contribution < -0.4 is 15.4 Å². The number of aryl methyl sites for hydroxylation is 1. The fourth-order valence-corrected chi connectivity index (χ4v) is 2.47. The van der Waals surface area contributed by atoms with E-state index < -0.39 is 0 Å². The molecule has 0 aliphatic carbocycles. The Morgan fingerprint density at radius 2 is 1.88 bits per heavy atom. The van der Waals surface area contributed by atoms with Crippen LogP contribution in [0.1, 0.15) is 25.0 Å². The zero-order valence-electron chi connectivity index (χ0n) is 15.2. The first kappa shape index (κ1) is 17.7. The number of nitrogens with one attached hydrogen (secondary N) is 2. The van der Waals surface area contributed by atoms with Crippen molar-refractivity contribution in [2.45, 2.75) is 33.4 Å². The van der Waals surface area contributed by atoms with E-state index in [0.29, 0.717) is 18.3 Å². The molecule has 0 radical (unpaired) electrons. The second-order valence-corrected chi connectivity index (χ2v) is 6.32. The van der Waals surface area contributed by atoms with Crippen molar-refractivity contribution < 1.29 is 4.74 Å². The minimum Gasteiger partial charge on any atom is -0.491 e. The van der Waals surface area contributed by atoms with Crippen LogP contribution in [-0.2, 0) is 6.54 Å². The van der Waals surface area contributed by atoms with E-state index >= 15 is 0 Å². The number of rotatable bonds is 7. The van der Waals surface area contributed by atoms with Gasteiger partial charge in [-0.05, 0) is 50.6 Å². The molecule has 26 heavy (non-hydrogen) atoms. The van der Waals surface area contributed by atoms with E-state index in [1.807, 2.05) is 44.2 Å². The molecule has 0 amide bonds. The van der Waals surface area contributed by atoms with Gasteiger partial charge in [0, 0.05) is 12.2 Å². The predicted octanol–water partition coefficient (Wildman–Crippen LogP) is 4.32. The summed E-state index contributed by atoms with van der Waals surface area (Å²) in [6.45, 7) is 6.76. The van der Waals surface area contributed by atoms with E-state index in [-0.39, 0.29) is 6.10 Å². The van der Waals surface area contributed by atoms with E-state index in [4.69, 9.17) is 4.74 Å². The highest BCUT2D eigenvalue weighted by atomic mass is 16.5. The molecule has 1 heterocycles. The van der Waals surface area contributed by atoms with Crippen LogP contribution in [0, 0.1) is 6.92 Å². The van der Waals surface area contributed by atoms with Gasteiger partial charge in [-0.1, -0.05) is 29.8 Å². The van der Waals surface area contributed by atoms with Crippen molar-refractivity contribution in [3.63, 3.8) is 0 Å². The maximum atomic E-state index is 5.64. The lowest BCUT2D eigenvalue weighted by Gasteiger charge is -2.11. The first-order valence-corrected chi connectivity index (χ1v) is 8.61. The Labute approximate surface area is 153 Å². The van der Waals surface area contributed by atoms with Gasteiger partial charge >= 0.3 is 0 Å². The van der Waals surface area contributed by atoms with Gasteiger partial charge in [0.05, 0.1) is 12.3 Å². The van der Waals surface area contributed by atoms with Crippen molar-refractivity contribution in [1.29, 1.82) is 0 Å². The average Bonchev–Trinajstić information content (AvgIpc) is 2.62. The number of hydrogen-bond donors (Lipinski definition) is 2. The molecular weight excluding hydrogens is 326 g/mol. The van der Waals surface area contributed by atoms with Gasteiger partial charge < -0.3 is 15.4 Å². The highest BCUT2D eigenvalue weighted by Crippen LogP contribution is 2.19. The van der Waals surface area contributed by atoms with Gasteiger partial charge in [-0.15, -0.1) is 5.10 Å². The molecule has 3 rings (SSSR count). The summed E-state index contributed by atoms with van der Waals surface area (Å²) >= 11 is 0. The minimum absolute atomic E-state index is 0.150. The molecule has 6 nitrogen and oxygen atoms in total. The third-order valence-electron chi connectivity index (χ3n) is 3.60. The summed E-state index contributed by atoms with van der Waals surface area (Å²) in [4.78, 5) is 4.45. The van der Waals surface area contributed by atoms with Crippen molar-refractivity contribution >= 4 is 17.5 Å². The Bertz CT molecular complexity index is 849. The van der Waals surface area contributed by atoms with E-state index in [1.165, 1.54) is 11.1 Å². The van der Waals surface area contributed by atoms with Crippen LogP contribution in [0.25, 0.3) is 0 Å². The van der Waals surface area contributed by atoms with Crippen LogP contribution in [0.4, 0.5) is 17.5 Å². The van der Waals surface area contributed by atoms with Crippen LogP contribution in [0.15, 0.2) is 54.7 Å². The molecule has 0 unspecified atom stereocenters. The van der Waals surface area contributed by atoms with Gasteiger partial charge in [0.1, 0.15) is 5.75 Å². The molecule has 0 atom stereocenters. The second kappa shape index (κ2) is 8.29. The molecular formula is C20H23N5O. The Balaban J connectivity index is 1.61. The van der Waals surface area contributed by atoms with Gasteiger partial charge in [0.2, 0.25) is 5.95 Å². The number of anilines is 3. The molecule has 0 spiro atoms.